The van der Waals surface area contributed by atoms with Gasteiger partial charge in [0, 0.05) is 30.4 Å². The zero-order valence-electron chi connectivity index (χ0n) is 16.9. The van der Waals surface area contributed by atoms with Gasteiger partial charge in [0.1, 0.15) is 12.4 Å². The molecule has 2 aromatic rings. The fourth-order valence-electron chi connectivity index (χ4n) is 2.78. The molecule has 1 amide bonds. The molecule has 0 aliphatic rings. The van der Waals surface area contributed by atoms with Crippen LogP contribution in [0.4, 0.5) is 4.39 Å². The lowest BCUT2D eigenvalue weighted by Crippen LogP contribution is -2.31. The molecule has 0 atom stereocenters. The Hall–Kier alpha value is -3.39. The number of nitrogens with one attached hydrogen (secondary N) is 1. The molecule has 0 spiro atoms. The predicted molar refractivity (Wildman–Crippen MR) is 113 cm³/mol. The van der Waals surface area contributed by atoms with Crippen LogP contribution in [0.15, 0.2) is 54.7 Å². The molecule has 2 aromatic carbocycles. The van der Waals surface area contributed by atoms with Gasteiger partial charge in [0.15, 0.2) is 0 Å². The third-order valence-electron chi connectivity index (χ3n) is 4.24. The SMILES string of the molecule is CCCN(N)/C(=C\N)c1cc(F)cc(C(=O)NCCC(=O)OCc2ccccc2)c1. The number of ether oxygens (including phenoxy) is 1. The first-order valence-corrected chi connectivity index (χ1v) is 9.67. The van der Waals surface area contributed by atoms with Crippen molar-refractivity contribution in [2.24, 2.45) is 11.6 Å². The van der Waals surface area contributed by atoms with Crippen molar-refractivity contribution in [3.8, 4) is 0 Å². The largest absolute Gasteiger partial charge is 0.461 e. The molecule has 7 nitrogen and oxygen atoms in total. The van der Waals surface area contributed by atoms with Crippen molar-refractivity contribution >= 4 is 17.6 Å². The molecule has 0 radical (unpaired) electrons. The number of carbonyl (C=O) groups is 2. The summed E-state index contributed by atoms with van der Waals surface area (Å²) in [4.78, 5) is 24.2. The van der Waals surface area contributed by atoms with Gasteiger partial charge in [-0.05, 0) is 30.2 Å². The average Bonchev–Trinajstić information content (AvgIpc) is 2.73. The van der Waals surface area contributed by atoms with Crippen LogP contribution in [-0.4, -0.2) is 30.0 Å². The number of halogens is 1. The number of benzene rings is 2. The molecule has 2 rings (SSSR count). The van der Waals surface area contributed by atoms with E-state index in [1.54, 1.807) is 0 Å². The molecule has 0 unspecified atom stereocenters. The van der Waals surface area contributed by atoms with E-state index in [0.717, 1.165) is 18.1 Å². The molecule has 8 heteroatoms. The van der Waals surface area contributed by atoms with E-state index in [0.29, 0.717) is 17.8 Å². The highest BCUT2D eigenvalue weighted by atomic mass is 19.1. The lowest BCUT2D eigenvalue weighted by molar-refractivity contribution is -0.144. The molecule has 0 aliphatic carbocycles. The molecule has 0 saturated carbocycles. The van der Waals surface area contributed by atoms with Crippen LogP contribution in [0.5, 0.6) is 0 Å². The quantitative estimate of drug-likeness (QED) is 0.313. The second kappa shape index (κ2) is 11.6. The maximum atomic E-state index is 14.1. The zero-order chi connectivity index (χ0) is 21.9. The van der Waals surface area contributed by atoms with E-state index in [1.165, 1.54) is 23.3 Å². The Labute approximate surface area is 175 Å². The summed E-state index contributed by atoms with van der Waals surface area (Å²) in [5.74, 6) is 4.40. The van der Waals surface area contributed by atoms with Crippen LogP contribution in [0.25, 0.3) is 5.70 Å². The molecule has 160 valence electrons. The number of nitrogens with zero attached hydrogens (tertiary/aromatic N) is 1. The molecular formula is C22H27FN4O3. The van der Waals surface area contributed by atoms with Crippen molar-refractivity contribution in [1.29, 1.82) is 0 Å². The summed E-state index contributed by atoms with van der Waals surface area (Å²) >= 11 is 0. The van der Waals surface area contributed by atoms with Gasteiger partial charge in [0.05, 0.1) is 12.1 Å². The Kier molecular flexibility index (Phi) is 8.83. The van der Waals surface area contributed by atoms with Gasteiger partial charge in [-0.1, -0.05) is 37.3 Å². The normalized spacial score (nSPS) is 11.1. The second-order valence-electron chi connectivity index (χ2n) is 6.63. The van der Waals surface area contributed by atoms with E-state index in [1.807, 2.05) is 37.3 Å². The highest BCUT2D eigenvalue weighted by molar-refractivity contribution is 5.95. The number of hydrogen-bond donors (Lipinski definition) is 3. The highest BCUT2D eigenvalue weighted by Gasteiger charge is 2.14. The topological polar surface area (TPSA) is 111 Å². The maximum absolute atomic E-state index is 14.1. The summed E-state index contributed by atoms with van der Waals surface area (Å²) in [7, 11) is 0. The van der Waals surface area contributed by atoms with Gasteiger partial charge >= 0.3 is 5.97 Å². The minimum Gasteiger partial charge on any atom is -0.461 e. The summed E-state index contributed by atoms with van der Waals surface area (Å²) < 4.78 is 19.2. The zero-order valence-corrected chi connectivity index (χ0v) is 16.9. The van der Waals surface area contributed by atoms with E-state index in [2.05, 4.69) is 5.32 Å². The van der Waals surface area contributed by atoms with Crippen molar-refractivity contribution in [2.75, 3.05) is 13.1 Å². The Bertz CT molecular complexity index is 887. The van der Waals surface area contributed by atoms with Gasteiger partial charge < -0.3 is 20.8 Å². The van der Waals surface area contributed by atoms with Crippen LogP contribution in [0.2, 0.25) is 0 Å². The molecule has 0 bridgehead atoms. The van der Waals surface area contributed by atoms with Gasteiger partial charge in [-0.25, -0.2) is 10.2 Å². The van der Waals surface area contributed by atoms with E-state index in [9.17, 15) is 14.0 Å². The molecule has 0 heterocycles. The van der Waals surface area contributed by atoms with E-state index >= 15 is 0 Å². The van der Waals surface area contributed by atoms with E-state index in [4.69, 9.17) is 16.3 Å². The molecular weight excluding hydrogens is 387 g/mol. The summed E-state index contributed by atoms with van der Waals surface area (Å²) in [5.41, 5.74) is 7.42. The van der Waals surface area contributed by atoms with E-state index < -0.39 is 17.7 Å². The van der Waals surface area contributed by atoms with Gasteiger partial charge in [-0.15, -0.1) is 0 Å². The predicted octanol–water partition coefficient (Wildman–Crippen LogP) is 2.53. The minimum absolute atomic E-state index is 0.00176. The van der Waals surface area contributed by atoms with Crippen LogP contribution in [-0.2, 0) is 16.1 Å². The average molecular weight is 414 g/mol. The Morgan fingerprint density at radius 2 is 1.87 bits per heavy atom. The molecule has 30 heavy (non-hydrogen) atoms. The first-order chi connectivity index (χ1) is 14.4. The molecule has 5 N–H and O–H groups in total. The van der Waals surface area contributed by atoms with Crippen molar-refractivity contribution < 1.29 is 18.7 Å². The smallest absolute Gasteiger partial charge is 0.307 e. The lowest BCUT2D eigenvalue weighted by Gasteiger charge is -2.21. The van der Waals surface area contributed by atoms with Crippen molar-refractivity contribution in [3.05, 3.63) is 77.2 Å². The maximum Gasteiger partial charge on any atom is 0.307 e. The fraction of sp³-hybridized carbons (Fsp3) is 0.273. The number of nitrogens with two attached hydrogens (primary N) is 2. The summed E-state index contributed by atoms with van der Waals surface area (Å²) in [6, 6.07) is 13.2. The number of rotatable bonds is 10. The van der Waals surface area contributed by atoms with Crippen LogP contribution in [0, 0.1) is 5.82 Å². The highest BCUT2D eigenvalue weighted by Crippen LogP contribution is 2.19. The van der Waals surface area contributed by atoms with E-state index in [-0.39, 0.29) is 25.1 Å². The molecule has 0 saturated heterocycles. The van der Waals surface area contributed by atoms with Crippen LogP contribution in [0.1, 0.15) is 41.3 Å². The summed E-state index contributed by atoms with van der Waals surface area (Å²) in [6.45, 7) is 2.70. The Morgan fingerprint density at radius 1 is 1.17 bits per heavy atom. The monoisotopic (exact) mass is 414 g/mol. The van der Waals surface area contributed by atoms with Crippen molar-refractivity contribution in [1.82, 2.24) is 10.3 Å². The second-order valence-corrected chi connectivity index (χ2v) is 6.63. The van der Waals surface area contributed by atoms with Crippen molar-refractivity contribution in [2.45, 2.75) is 26.4 Å². The Morgan fingerprint density at radius 3 is 2.53 bits per heavy atom. The number of amides is 1. The van der Waals surface area contributed by atoms with Gasteiger partial charge in [-0.2, -0.15) is 0 Å². The summed E-state index contributed by atoms with van der Waals surface area (Å²) in [5, 5.41) is 3.99. The van der Waals surface area contributed by atoms with Crippen LogP contribution in [0.3, 0.4) is 0 Å². The first-order valence-electron chi connectivity index (χ1n) is 9.67. The first kappa shape index (κ1) is 22.9. The van der Waals surface area contributed by atoms with Crippen LogP contribution < -0.4 is 16.9 Å². The third kappa shape index (κ3) is 6.89. The van der Waals surface area contributed by atoms with Crippen LogP contribution >= 0.6 is 0 Å². The van der Waals surface area contributed by atoms with Gasteiger partial charge in [-0.3, -0.25) is 9.59 Å². The summed E-state index contributed by atoms with van der Waals surface area (Å²) in [6.07, 6.45) is 2.05. The minimum atomic E-state index is -0.593. The molecule has 0 aliphatic heterocycles. The number of esters is 1. The number of hydrazine groups is 1. The Balaban J connectivity index is 1.92. The number of hydrogen-bond acceptors (Lipinski definition) is 6. The molecule has 0 fully saturated rings. The fourth-order valence-corrected chi connectivity index (χ4v) is 2.78. The standard InChI is InChI=1S/C22H27FN4O3/c1-2-10-27(25)20(14-24)17-11-18(13-19(23)12-17)22(29)26-9-8-21(28)30-15-16-6-4-3-5-7-16/h3-7,11-14H,2,8-10,15,24-25H2,1H3,(H,26,29)/b20-14-. The third-order valence-corrected chi connectivity index (χ3v) is 4.24. The number of carbonyl (C=O) groups excluding carboxylic acids is 2. The van der Waals surface area contributed by atoms with Gasteiger partial charge in [0.25, 0.3) is 5.91 Å². The lowest BCUT2D eigenvalue weighted by atomic mass is 10.1. The van der Waals surface area contributed by atoms with Crippen molar-refractivity contribution in [3.63, 3.8) is 0 Å². The van der Waals surface area contributed by atoms with Gasteiger partial charge in [0.2, 0.25) is 0 Å². The molecule has 0 aromatic heterocycles.